The maximum Gasteiger partial charge on any atom is 0.309 e. The predicted molar refractivity (Wildman–Crippen MR) is 114 cm³/mol. The predicted octanol–water partition coefficient (Wildman–Crippen LogP) is 6.90. The summed E-state index contributed by atoms with van der Waals surface area (Å²) >= 11 is 0. The molecule has 3 unspecified atom stereocenters. The number of carbonyl (C=O) groups is 2. The maximum absolute atomic E-state index is 12.4. The van der Waals surface area contributed by atoms with E-state index in [1.165, 1.54) is 64.2 Å². The lowest BCUT2D eigenvalue weighted by molar-refractivity contribution is -0.157. The average Bonchev–Trinajstić information content (AvgIpc) is 2.71. The molecule has 3 atom stereocenters. The number of carboxylic acid groups (broad SMARTS) is 1. The second-order valence-electron chi connectivity index (χ2n) is 8.69. The van der Waals surface area contributed by atoms with Gasteiger partial charge in [0.2, 0.25) is 0 Å². The molecule has 1 fully saturated rings. The Labute approximate surface area is 172 Å². The van der Waals surface area contributed by atoms with Crippen LogP contribution in [0.2, 0.25) is 0 Å². The second-order valence-corrected chi connectivity index (χ2v) is 8.69. The Morgan fingerprint density at radius 3 is 1.93 bits per heavy atom. The molecule has 1 rings (SSSR count). The normalized spacial score (nSPS) is 20.6. The lowest BCUT2D eigenvalue weighted by Crippen LogP contribution is -2.30. The molecule has 0 heterocycles. The molecule has 4 heteroatoms. The van der Waals surface area contributed by atoms with Crippen LogP contribution in [0.15, 0.2) is 0 Å². The molecule has 0 aliphatic heterocycles. The SMILES string of the molecule is CCCCCCCCCCCCCC(CC)OC(=O)C1CCCC(C(=O)O)C1. The Kier molecular flexibility index (Phi) is 14.1. The molecule has 0 aromatic heterocycles. The molecule has 1 saturated carbocycles. The number of hydrogen-bond donors (Lipinski definition) is 1. The molecule has 0 aromatic rings. The number of carboxylic acids is 1. The van der Waals surface area contributed by atoms with Gasteiger partial charge in [0.1, 0.15) is 6.10 Å². The van der Waals surface area contributed by atoms with Crippen molar-refractivity contribution in [2.24, 2.45) is 11.8 Å². The first-order valence-electron chi connectivity index (χ1n) is 12.0. The summed E-state index contributed by atoms with van der Waals surface area (Å²) in [5.41, 5.74) is 0. The van der Waals surface area contributed by atoms with Crippen molar-refractivity contribution in [2.45, 2.75) is 129 Å². The summed E-state index contributed by atoms with van der Waals surface area (Å²) in [6, 6.07) is 0. The molecule has 0 spiro atoms. The average molecular weight is 397 g/mol. The number of ether oxygens (including phenoxy) is 1. The van der Waals surface area contributed by atoms with Gasteiger partial charge in [0.15, 0.2) is 0 Å². The fourth-order valence-electron chi connectivity index (χ4n) is 4.27. The zero-order chi connectivity index (χ0) is 20.6. The summed E-state index contributed by atoms with van der Waals surface area (Å²) in [4.78, 5) is 23.6. The molecule has 1 N–H and O–H groups in total. The van der Waals surface area contributed by atoms with Crippen LogP contribution in [0.1, 0.15) is 123 Å². The Hall–Kier alpha value is -1.06. The van der Waals surface area contributed by atoms with Gasteiger partial charge in [-0.1, -0.05) is 84.5 Å². The molecule has 164 valence electrons. The van der Waals surface area contributed by atoms with Crippen LogP contribution < -0.4 is 0 Å². The van der Waals surface area contributed by atoms with Gasteiger partial charge in [-0.15, -0.1) is 0 Å². The van der Waals surface area contributed by atoms with Crippen LogP contribution in [0.4, 0.5) is 0 Å². The third-order valence-corrected chi connectivity index (χ3v) is 6.22. The molecule has 28 heavy (non-hydrogen) atoms. The number of hydrogen-bond acceptors (Lipinski definition) is 3. The van der Waals surface area contributed by atoms with Gasteiger partial charge in [-0.25, -0.2) is 0 Å². The van der Waals surface area contributed by atoms with E-state index in [0.717, 1.165) is 32.1 Å². The third-order valence-electron chi connectivity index (χ3n) is 6.22. The van der Waals surface area contributed by atoms with Gasteiger partial charge >= 0.3 is 11.9 Å². The van der Waals surface area contributed by atoms with Gasteiger partial charge < -0.3 is 9.84 Å². The highest BCUT2D eigenvalue weighted by Crippen LogP contribution is 2.30. The van der Waals surface area contributed by atoms with E-state index in [1.807, 2.05) is 0 Å². The van der Waals surface area contributed by atoms with Crippen LogP contribution >= 0.6 is 0 Å². The lowest BCUT2D eigenvalue weighted by atomic mass is 9.81. The molecular formula is C24H44O4. The molecule has 0 saturated heterocycles. The molecule has 0 radical (unpaired) electrons. The molecule has 4 nitrogen and oxygen atoms in total. The molecule has 1 aliphatic carbocycles. The largest absolute Gasteiger partial charge is 0.481 e. The molecule has 0 amide bonds. The highest BCUT2D eigenvalue weighted by Gasteiger charge is 2.32. The lowest BCUT2D eigenvalue weighted by Gasteiger charge is -2.27. The topological polar surface area (TPSA) is 63.6 Å². The minimum atomic E-state index is -0.773. The van der Waals surface area contributed by atoms with Gasteiger partial charge in [0, 0.05) is 0 Å². The molecule has 1 aliphatic rings. The summed E-state index contributed by atoms with van der Waals surface area (Å²) in [5, 5.41) is 9.18. The van der Waals surface area contributed by atoms with Crippen LogP contribution in [-0.2, 0) is 14.3 Å². The van der Waals surface area contributed by atoms with E-state index >= 15 is 0 Å². The first kappa shape index (κ1) is 25.0. The zero-order valence-corrected chi connectivity index (χ0v) is 18.4. The van der Waals surface area contributed by atoms with Crippen molar-refractivity contribution in [3.8, 4) is 0 Å². The van der Waals surface area contributed by atoms with Gasteiger partial charge in [0.05, 0.1) is 11.8 Å². The zero-order valence-electron chi connectivity index (χ0n) is 18.4. The monoisotopic (exact) mass is 396 g/mol. The fourth-order valence-corrected chi connectivity index (χ4v) is 4.27. The fraction of sp³-hybridized carbons (Fsp3) is 0.917. The van der Waals surface area contributed by atoms with Crippen LogP contribution in [-0.4, -0.2) is 23.1 Å². The van der Waals surface area contributed by atoms with E-state index in [9.17, 15) is 14.7 Å². The Balaban J connectivity index is 2.08. The van der Waals surface area contributed by atoms with Gasteiger partial charge in [0.25, 0.3) is 0 Å². The summed E-state index contributed by atoms with van der Waals surface area (Å²) in [5.74, 6) is -1.54. The highest BCUT2D eigenvalue weighted by molar-refractivity contribution is 5.75. The highest BCUT2D eigenvalue weighted by atomic mass is 16.5. The Bertz CT molecular complexity index is 421. The summed E-state index contributed by atoms with van der Waals surface area (Å²) in [6.07, 6.45) is 19.0. The molecular weight excluding hydrogens is 352 g/mol. The summed E-state index contributed by atoms with van der Waals surface area (Å²) in [6.45, 7) is 4.33. The standard InChI is InChI=1S/C24H44O4/c1-3-5-6-7-8-9-10-11-12-13-14-18-22(4-2)28-24(27)21-17-15-16-20(19-21)23(25)26/h20-22H,3-19H2,1-2H3,(H,25,26). The smallest absolute Gasteiger partial charge is 0.309 e. The van der Waals surface area contributed by atoms with Crippen LogP contribution in [0, 0.1) is 11.8 Å². The summed E-state index contributed by atoms with van der Waals surface area (Å²) < 4.78 is 5.73. The number of esters is 1. The van der Waals surface area contributed by atoms with Crippen molar-refractivity contribution in [2.75, 3.05) is 0 Å². The van der Waals surface area contributed by atoms with E-state index in [-0.39, 0.29) is 23.9 Å². The van der Waals surface area contributed by atoms with Gasteiger partial charge in [-0.3, -0.25) is 9.59 Å². The number of carbonyl (C=O) groups excluding carboxylic acids is 1. The van der Waals surface area contributed by atoms with Crippen LogP contribution in [0.5, 0.6) is 0 Å². The van der Waals surface area contributed by atoms with Crippen LogP contribution in [0.25, 0.3) is 0 Å². The quantitative estimate of drug-likeness (QED) is 0.228. The van der Waals surface area contributed by atoms with Crippen LogP contribution in [0.3, 0.4) is 0 Å². The third kappa shape index (κ3) is 11.1. The van der Waals surface area contributed by atoms with Crippen molar-refractivity contribution in [1.82, 2.24) is 0 Å². The number of unbranched alkanes of at least 4 members (excludes halogenated alkanes) is 10. The first-order chi connectivity index (χ1) is 13.6. The Morgan fingerprint density at radius 2 is 1.39 bits per heavy atom. The van der Waals surface area contributed by atoms with E-state index < -0.39 is 5.97 Å². The van der Waals surface area contributed by atoms with Crippen molar-refractivity contribution in [3.05, 3.63) is 0 Å². The second kappa shape index (κ2) is 15.8. The maximum atomic E-state index is 12.4. The number of rotatable bonds is 16. The van der Waals surface area contributed by atoms with Crippen molar-refractivity contribution < 1.29 is 19.4 Å². The van der Waals surface area contributed by atoms with Crippen molar-refractivity contribution >= 4 is 11.9 Å². The first-order valence-corrected chi connectivity index (χ1v) is 12.0. The minimum Gasteiger partial charge on any atom is -0.481 e. The summed E-state index contributed by atoms with van der Waals surface area (Å²) in [7, 11) is 0. The van der Waals surface area contributed by atoms with E-state index in [2.05, 4.69) is 13.8 Å². The Morgan fingerprint density at radius 1 is 0.857 bits per heavy atom. The van der Waals surface area contributed by atoms with E-state index in [0.29, 0.717) is 12.8 Å². The minimum absolute atomic E-state index is 0.00345. The van der Waals surface area contributed by atoms with E-state index in [4.69, 9.17) is 4.74 Å². The molecule has 0 aromatic carbocycles. The molecule has 0 bridgehead atoms. The van der Waals surface area contributed by atoms with E-state index in [1.54, 1.807) is 0 Å². The number of aliphatic carboxylic acids is 1. The van der Waals surface area contributed by atoms with Crippen molar-refractivity contribution in [1.29, 1.82) is 0 Å². The van der Waals surface area contributed by atoms with Gasteiger partial charge in [-0.05, 0) is 38.5 Å². The van der Waals surface area contributed by atoms with Crippen molar-refractivity contribution in [3.63, 3.8) is 0 Å². The van der Waals surface area contributed by atoms with Gasteiger partial charge in [-0.2, -0.15) is 0 Å².